The molecule has 2 aromatic rings. The van der Waals surface area contributed by atoms with Crippen molar-refractivity contribution in [3.63, 3.8) is 0 Å². The molecule has 1 fully saturated rings. The fourth-order valence-electron chi connectivity index (χ4n) is 4.25. The molecule has 0 aliphatic carbocycles. The molecule has 0 saturated carbocycles. The van der Waals surface area contributed by atoms with Crippen LogP contribution in [0.5, 0.6) is 5.75 Å². The standard InChI is InChI=1S/C25H35NO2.ClH/c1-19(2)25-10-9-24(15-20(25)3)28-18-23(27)17-26-13-11-22(12-14-26)16-21-7-5-4-6-8-21;/h4-10,15,19,22-23,27H,11-14,16-18H2,1-3H3;1H. The van der Waals surface area contributed by atoms with Crippen LogP contribution in [0.4, 0.5) is 0 Å². The molecular formula is C25H36ClNO2. The summed E-state index contributed by atoms with van der Waals surface area (Å²) in [5.74, 6) is 2.13. The SMILES string of the molecule is Cc1cc(OCC(O)CN2CCC(Cc3ccccc3)CC2)ccc1C(C)C.Cl. The third-order valence-corrected chi connectivity index (χ3v) is 5.85. The largest absolute Gasteiger partial charge is 0.491 e. The minimum absolute atomic E-state index is 0. The molecule has 160 valence electrons. The minimum atomic E-state index is -0.448. The minimum Gasteiger partial charge on any atom is -0.491 e. The molecule has 0 aromatic heterocycles. The zero-order chi connectivity index (χ0) is 19.9. The first-order valence-corrected chi connectivity index (χ1v) is 10.7. The van der Waals surface area contributed by atoms with Crippen LogP contribution >= 0.6 is 12.4 Å². The quantitative estimate of drug-likeness (QED) is 0.637. The number of hydrogen-bond donors (Lipinski definition) is 1. The topological polar surface area (TPSA) is 32.7 Å². The van der Waals surface area contributed by atoms with Gasteiger partial charge in [-0.1, -0.05) is 50.2 Å². The maximum atomic E-state index is 10.4. The predicted octanol–water partition coefficient (Wildman–Crippen LogP) is 5.23. The Morgan fingerprint density at radius 1 is 1.07 bits per heavy atom. The van der Waals surface area contributed by atoms with Gasteiger partial charge in [-0.15, -0.1) is 12.4 Å². The average molecular weight is 418 g/mol. The van der Waals surface area contributed by atoms with Gasteiger partial charge in [0, 0.05) is 6.54 Å². The number of β-amino-alcohol motifs (C(OH)–C–C–N with tert-alkyl or cyclic N) is 1. The summed E-state index contributed by atoms with van der Waals surface area (Å²) in [4.78, 5) is 2.38. The van der Waals surface area contributed by atoms with Crippen LogP contribution < -0.4 is 4.74 Å². The summed E-state index contributed by atoms with van der Waals surface area (Å²) in [5.41, 5.74) is 4.04. The van der Waals surface area contributed by atoms with Crippen molar-refractivity contribution < 1.29 is 9.84 Å². The van der Waals surface area contributed by atoms with Crippen LogP contribution in [-0.2, 0) is 6.42 Å². The van der Waals surface area contributed by atoms with Crippen LogP contribution in [0.3, 0.4) is 0 Å². The highest BCUT2D eigenvalue weighted by molar-refractivity contribution is 5.85. The second-order valence-electron chi connectivity index (χ2n) is 8.57. The predicted molar refractivity (Wildman–Crippen MR) is 123 cm³/mol. The Hall–Kier alpha value is -1.55. The molecule has 0 amide bonds. The van der Waals surface area contributed by atoms with Crippen molar-refractivity contribution in [2.24, 2.45) is 5.92 Å². The van der Waals surface area contributed by atoms with Crippen LogP contribution in [0, 0.1) is 12.8 Å². The lowest BCUT2D eigenvalue weighted by atomic mass is 9.90. The van der Waals surface area contributed by atoms with Crippen molar-refractivity contribution in [3.05, 3.63) is 65.2 Å². The van der Waals surface area contributed by atoms with Crippen molar-refractivity contribution in [1.82, 2.24) is 4.90 Å². The Balaban J connectivity index is 0.00000300. The molecule has 1 unspecified atom stereocenters. The molecule has 1 atom stereocenters. The fourth-order valence-corrected chi connectivity index (χ4v) is 4.25. The summed E-state index contributed by atoms with van der Waals surface area (Å²) >= 11 is 0. The van der Waals surface area contributed by atoms with E-state index in [9.17, 15) is 5.11 Å². The number of rotatable bonds is 8. The lowest BCUT2D eigenvalue weighted by Gasteiger charge is -2.33. The third kappa shape index (κ3) is 7.33. The van der Waals surface area contributed by atoms with Gasteiger partial charge in [-0.3, -0.25) is 0 Å². The first-order valence-electron chi connectivity index (χ1n) is 10.7. The number of halogens is 1. The summed E-state index contributed by atoms with van der Waals surface area (Å²) in [6.07, 6.45) is 3.14. The number of aliphatic hydroxyl groups excluding tert-OH is 1. The van der Waals surface area contributed by atoms with E-state index in [1.54, 1.807) is 0 Å². The van der Waals surface area contributed by atoms with Crippen molar-refractivity contribution in [3.8, 4) is 5.75 Å². The van der Waals surface area contributed by atoms with E-state index in [1.165, 1.54) is 36.0 Å². The van der Waals surface area contributed by atoms with E-state index in [0.717, 1.165) is 24.8 Å². The van der Waals surface area contributed by atoms with Gasteiger partial charge in [0.25, 0.3) is 0 Å². The average Bonchev–Trinajstić information content (AvgIpc) is 2.68. The molecule has 3 rings (SSSR count). The van der Waals surface area contributed by atoms with Gasteiger partial charge in [-0.2, -0.15) is 0 Å². The first-order chi connectivity index (χ1) is 13.5. The Morgan fingerprint density at radius 3 is 2.38 bits per heavy atom. The van der Waals surface area contributed by atoms with Gasteiger partial charge < -0.3 is 14.7 Å². The highest BCUT2D eigenvalue weighted by Gasteiger charge is 2.21. The van der Waals surface area contributed by atoms with Crippen LogP contribution in [0.25, 0.3) is 0 Å². The second kappa shape index (κ2) is 11.6. The number of piperidine rings is 1. The maximum Gasteiger partial charge on any atom is 0.119 e. The number of aryl methyl sites for hydroxylation is 1. The number of likely N-dealkylation sites (tertiary alicyclic amines) is 1. The Bertz CT molecular complexity index is 727. The summed E-state index contributed by atoms with van der Waals surface area (Å²) in [6.45, 7) is 9.71. The Morgan fingerprint density at radius 2 is 1.76 bits per heavy atom. The van der Waals surface area contributed by atoms with E-state index in [1.807, 2.05) is 6.07 Å². The van der Waals surface area contributed by atoms with Gasteiger partial charge in [0.05, 0.1) is 0 Å². The summed E-state index contributed by atoms with van der Waals surface area (Å²) in [6, 6.07) is 17.0. The molecule has 1 saturated heterocycles. The summed E-state index contributed by atoms with van der Waals surface area (Å²) in [5, 5.41) is 10.4. The molecule has 3 nitrogen and oxygen atoms in total. The Kier molecular flexibility index (Phi) is 9.48. The molecule has 1 aliphatic rings. The van der Waals surface area contributed by atoms with Gasteiger partial charge in [-0.25, -0.2) is 0 Å². The maximum absolute atomic E-state index is 10.4. The highest BCUT2D eigenvalue weighted by atomic mass is 35.5. The number of hydrogen-bond acceptors (Lipinski definition) is 3. The lowest BCUT2D eigenvalue weighted by molar-refractivity contribution is 0.0550. The van der Waals surface area contributed by atoms with Crippen LogP contribution in [0.1, 0.15) is 49.3 Å². The van der Waals surface area contributed by atoms with Gasteiger partial charge >= 0.3 is 0 Å². The van der Waals surface area contributed by atoms with E-state index in [0.29, 0.717) is 19.1 Å². The molecule has 29 heavy (non-hydrogen) atoms. The van der Waals surface area contributed by atoms with Crippen LogP contribution in [0.15, 0.2) is 48.5 Å². The summed E-state index contributed by atoms with van der Waals surface area (Å²) in [7, 11) is 0. The van der Waals surface area contributed by atoms with Crippen LogP contribution in [0.2, 0.25) is 0 Å². The molecule has 2 aromatic carbocycles. The first kappa shape index (κ1) is 23.7. The van der Waals surface area contributed by atoms with Crippen molar-refractivity contribution in [1.29, 1.82) is 0 Å². The normalized spacial score (nSPS) is 16.4. The van der Waals surface area contributed by atoms with E-state index in [-0.39, 0.29) is 12.4 Å². The van der Waals surface area contributed by atoms with E-state index >= 15 is 0 Å². The van der Waals surface area contributed by atoms with Gasteiger partial charge in [-0.05, 0) is 79.9 Å². The number of benzene rings is 2. The molecule has 0 radical (unpaired) electrons. The number of ether oxygens (including phenoxy) is 1. The molecular weight excluding hydrogens is 382 g/mol. The molecule has 1 aliphatic heterocycles. The van der Waals surface area contributed by atoms with Crippen molar-refractivity contribution in [2.75, 3.05) is 26.2 Å². The van der Waals surface area contributed by atoms with E-state index in [4.69, 9.17) is 4.74 Å². The van der Waals surface area contributed by atoms with Crippen molar-refractivity contribution in [2.45, 2.75) is 52.1 Å². The second-order valence-corrected chi connectivity index (χ2v) is 8.57. The van der Waals surface area contributed by atoms with Gasteiger partial charge in [0.1, 0.15) is 18.5 Å². The monoisotopic (exact) mass is 417 g/mol. The molecule has 1 heterocycles. The third-order valence-electron chi connectivity index (χ3n) is 5.85. The molecule has 0 spiro atoms. The molecule has 1 N–H and O–H groups in total. The number of aliphatic hydroxyl groups is 1. The Labute approximate surface area is 182 Å². The lowest BCUT2D eigenvalue weighted by Crippen LogP contribution is -2.41. The van der Waals surface area contributed by atoms with Crippen molar-refractivity contribution >= 4 is 12.4 Å². The van der Waals surface area contributed by atoms with E-state index < -0.39 is 6.10 Å². The zero-order valence-corrected chi connectivity index (χ0v) is 18.8. The van der Waals surface area contributed by atoms with Gasteiger partial charge in [0.15, 0.2) is 0 Å². The number of nitrogens with zero attached hydrogens (tertiary/aromatic N) is 1. The molecule has 4 heteroatoms. The highest BCUT2D eigenvalue weighted by Crippen LogP contribution is 2.24. The van der Waals surface area contributed by atoms with Crippen LogP contribution in [-0.4, -0.2) is 42.4 Å². The zero-order valence-electron chi connectivity index (χ0n) is 18.0. The van der Waals surface area contributed by atoms with Gasteiger partial charge in [0.2, 0.25) is 0 Å². The van der Waals surface area contributed by atoms with E-state index in [2.05, 4.69) is 68.1 Å². The molecule has 0 bridgehead atoms. The fraction of sp³-hybridized carbons (Fsp3) is 0.520. The summed E-state index contributed by atoms with van der Waals surface area (Å²) < 4.78 is 5.85. The smallest absolute Gasteiger partial charge is 0.119 e.